The van der Waals surface area contributed by atoms with E-state index < -0.39 is 8.07 Å². The van der Waals surface area contributed by atoms with Gasteiger partial charge in [-0.2, -0.15) is 0 Å². The second-order valence-corrected chi connectivity index (χ2v) is 11.5. The number of benzene rings is 1. The molecule has 0 radical (unpaired) electrons. The third kappa shape index (κ3) is 2.50. The van der Waals surface area contributed by atoms with E-state index in [2.05, 4.69) is 12.1 Å². The van der Waals surface area contributed by atoms with Crippen LogP contribution < -0.4 is 5.19 Å². The van der Waals surface area contributed by atoms with Gasteiger partial charge in [-0.3, -0.25) is 0 Å². The minimum Gasteiger partial charge on any atom is -0.130 e. The van der Waals surface area contributed by atoms with Crippen LogP contribution in [0.5, 0.6) is 0 Å². The predicted molar refractivity (Wildman–Crippen MR) is 80.9 cm³/mol. The van der Waals surface area contributed by atoms with Crippen LogP contribution in [0.4, 0.5) is 0 Å². The first kappa shape index (κ1) is 14.0. The minimum absolute atomic E-state index is 0.0354. The van der Waals surface area contributed by atoms with Gasteiger partial charge in [-0.1, -0.05) is 35.5 Å². The SMILES string of the molecule is ClC[Si]1(c2ccccc2)CCC(Cl)C(Cl)C1Cl. The second-order valence-electron chi connectivity index (χ2n) is 4.56. The average Bonchev–Trinajstić information content (AvgIpc) is 2.38. The van der Waals surface area contributed by atoms with Crippen LogP contribution in [0.15, 0.2) is 30.3 Å². The Hall–Kier alpha value is 0.597. The van der Waals surface area contributed by atoms with Gasteiger partial charge >= 0.3 is 0 Å². The fourth-order valence-corrected chi connectivity index (χ4v) is 10.5. The van der Waals surface area contributed by atoms with Crippen molar-refractivity contribution < 1.29 is 0 Å². The number of halogens is 4. The molecule has 94 valence electrons. The van der Waals surface area contributed by atoms with Gasteiger partial charge in [0, 0.05) is 5.50 Å². The molecule has 17 heavy (non-hydrogen) atoms. The van der Waals surface area contributed by atoms with E-state index in [9.17, 15) is 0 Å². The van der Waals surface area contributed by atoms with E-state index in [-0.39, 0.29) is 15.8 Å². The van der Waals surface area contributed by atoms with Crippen molar-refractivity contribution in [1.82, 2.24) is 0 Å². The van der Waals surface area contributed by atoms with Crippen molar-refractivity contribution in [2.45, 2.75) is 28.2 Å². The van der Waals surface area contributed by atoms with E-state index in [1.54, 1.807) is 0 Å². The van der Waals surface area contributed by atoms with Crippen LogP contribution in [-0.4, -0.2) is 29.3 Å². The van der Waals surface area contributed by atoms with Gasteiger partial charge in [-0.05, 0) is 12.5 Å². The molecule has 0 amide bonds. The molecule has 4 unspecified atom stereocenters. The standard InChI is InChI=1S/C12H14Cl4Si/c13-8-17(9-4-2-1-3-5-9)7-6-10(14)11(15)12(17)16/h1-5,10-12H,6-8H2. The molecule has 0 N–H and O–H groups in total. The van der Waals surface area contributed by atoms with Crippen molar-refractivity contribution in [3.05, 3.63) is 30.3 Å². The van der Waals surface area contributed by atoms with Crippen LogP contribution in [0.25, 0.3) is 0 Å². The molecule has 1 aromatic rings. The molecule has 1 aliphatic heterocycles. The molecule has 0 bridgehead atoms. The molecule has 0 nitrogen and oxygen atoms in total. The van der Waals surface area contributed by atoms with Crippen LogP contribution in [-0.2, 0) is 0 Å². The Morgan fingerprint density at radius 3 is 2.35 bits per heavy atom. The van der Waals surface area contributed by atoms with Gasteiger partial charge in [0.05, 0.1) is 15.8 Å². The van der Waals surface area contributed by atoms with E-state index in [0.717, 1.165) is 12.5 Å². The summed E-state index contributed by atoms with van der Waals surface area (Å²) in [5, 5.41) is 0.981. The number of rotatable bonds is 2. The van der Waals surface area contributed by atoms with E-state index >= 15 is 0 Å². The van der Waals surface area contributed by atoms with E-state index in [1.165, 1.54) is 5.19 Å². The van der Waals surface area contributed by atoms with Crippen LogP contribution in [0.2, 0.25) is 6.04 Å². The Labute approximate surface area is 123 Å². The van der Waals surface area contributed by atoms with E-state index in [0.29, 0.717) is 5.50 Å². The highest BCUT2D eigenvalue weighted by Crippen LogP contribution is 2.38. The Morgan fingerprint density at radius 1 is 1.12 bits per heavy atom. The van der Waals surface area contributed by atoms with Gasteiger partial charge in [-0.25, -0.2) is 0 Å². The summed E-state index contributed by atoms with van der Waals surface area (Å²) in [4.78, 5) is 0. The molecule has 0 aromatic heterocycles. The first-order valence-corrected chi connectivity index (χ1v) is 9.99. The molecule has 2 rings (SSSR count). The summed E-state index contributed by atoms with van der Waals surface area (Å²) in [6.45, 7) is 0. The smallest absolute Gasteiger partial charge is 0.122 e. The fraction of sp³-hybridized carbons (Fsp3) is 0.500. The maximum atomic E-state index is 6.58. The zero-order valence-electron chi connectivity index (χ0n) is 9.25. The van der Waals surface area contributed by atoms with Crippen LogP contribution in [0.1, 0.15) is 6.42 Å². The maximum Gasteiger partial charge on any atom is 0.122 e. The Balaban J connectivity index is 2.38. The third-order valence-corrected chi connectivity index (χ3v) is 12.6. The summed E-state index contributed by atoms with van der Waals surface area (Å²) < 4.78 is 0. The zero-order chi connectivity index (χ0) is 12.5. The van der Waals surface area contributed by atoms with Crippen molar-refractivity contribution in [2.24, 2.45) is 0 Å². The molecule has 1 aromatic carbocycles. The summed E-state index contributed by atoms with van der Waals surface area (Å²) in [6.07, 6.45) is 0.910. The summed E-state index contributed by atoms with van der Waals surface area (Å²) >= 11 is 25.4. The zero-order valence-corrected chi connectivity index (χ0v) is 13.3. The number of alkyl halides is 4. The van der Waals surface area contributed by atoms with Crippen LogP contribution in [0, 0.1) is 0 Å². The Morgan fingerprint density at radius 2 is 1.76 bits per heavy atom. The van der Waals surface area contributed by atoms with Crippen LogP contribution in [0.3, 0.4) is 0 Å². The van der Waals surface area contributed by atoms with Crippen molar-refractivity contribution in [2.75, 3.05) is 5.50 Å². The van der Waals surface area contributed by atoms with Gasteiger partial charge < -0.3 is 0 Å². The molecular weight excluding hydrogens is 314 g/mol. The quantitative estimate of drug-likeness (QED) is 0.571. The molecule has 1 heterocycles. The average molecular weight is 328 g/mol. The number of hydrogen-bond acceptors (Lipinski definition) is 0. The molecule has 1 saturated heterocycles. The predicted octanol–water partition coefficient (Wildman–Crippen LogP) is 3.89. The monoisotopic (exact) mass is 326 g/mol. The van der Waals surface area contributed by atoms with Gasteiger partial charge in [0.25, 0.3) is 0 Å². The molecule has 4 atom stereocenters. The Bertz CT molecular complexity index is 372. The lowest BCUT2D eigenvalue weighted by Crippen LogP contribution is -2.64. The third-order valence-electron chi connectivity index (χ3n) is 3.61. The van der Waals surface area contributed by atoms with Crippen molar-refractivity contribution in [1.29, 1.82) is 0 Å². The molecule has 0 saturated carbocycles. The fourth-order valence-electron chi connectivity index (χ4n) is 2.47. The van der Waals surface area contributed by atoms with E-state index in [4.69, 9.17) is 46.4 Å². The minimum atomic E-state index is -1.93. The summed E-state index contributed by atoms with van der Waals surface area (Å²) in [5.41, 5.74) is 0.609. The molecule has 1 aliphatic rings. The topological polar surface area (TPSA) is 0 Å². The molecular formula is C12H14Cl4Si. The molecule has 1 fully saturated rings. The molecule has 0 aliphatic carbocycles. The lowest BCUT2D eigenvalue weighted by atomic mass is 10.2. The van der Waals surface area contributed by atoms with Crippen molar-refractivity contribution in [3.8, 4) is 0 Å². The van der Waals surface area contributed by atoms with Crippen LogP contribution >= 0.6 is 46.4 Å². The van der Waals surface area contributed by atoms with Gasteiger partial charge in [0.1, 0.15) is 8.07 Å². The first-order valence-electron chi connectivity index (χ1n) is 5.65. The number of hydrogen-bond donors (Lipinski definition) is 0. The lowest BCUT2D eigenvalue weighted by Gasteiger charge is -2.42. The Kier molecular flexibility index (Phi) is 4.71. The van der Waals surface area contributed by atoms with Gasteiger partial charge in [-0.15, -0.1) is 46.4 Å². The summed E-state index contributed by atoms with van der Waals surface area (Å²) in [6, 6.07) is 11.4. The first-order chi connectivity index (χ1) is 8.12. The molecule has 5 heteroatoms. The normalized spacial score (nSPS) is 38.0. The largest absolute Gasteiger partial charge is 0.130 e. The highest BCUT2D eigenvalue weighted by molar-refractivity contribution is 7.01. The lowest BCUT2D eigenvalue weighted by molar-refractivity contribution is 0.715. The van der Waals surface area contributed by atoms with Gasteiger partial charge in [0.2, 0.25) is 0 Å². The highest BCUT2D eigenvalue weighted by Gasteiger charge is 2.50. The van der Waals surface area contributed by atoms with Crippen molar-refractivity contribution >= 4 is 59.7 Å². The molecule has 0 spiro atoms. The van der Waals surface area contributed by atoms with Crippen molar-refractivity contribution in [3.63, 3.8) is 0 Å². The maximum absolute atomic E-state index is 6.58. The second kappa shape index (κ2) is 5.71. The highest BCUT2D eigenvalue weighted by atomic mass is 35.5. The van der Waals surface area contributed by atoms with Gasteiger partial charge in [0.15, 0.2) is 0 Å². The summed E-state index contributed by atoms with van der Waals surface area (Å²) in [5.74, 6) is 0. The van der Waals surface area contributed by atoms with E-state index in [1.807, 2.05) is 18.2 Å². The summed E-state index contributed by atoms with van der Waals surface area (Å²) in [7, 11) is -1.93.